The number of hydrogen-bond donors (Lipinski definition) is 2. The van der Waals surface area contributed by atoms with Gasteiger partial charge in [-0.1, -0.05) is 18.2 Å². The van der Waals surface area contributed by atoms with Gasteiger partial charge in [0.25, 0.3) is 0 Å². The fourth-order valence-electron chi connectivity index (χ4n) is 2.09. The molecule has 1 aromatic carbocycles. The Balaban J connectivity index is 1.79. The fourth-order valence-corrected chi connectivity index (χ4v) is 2.09. The number of rotatable bonds is 7. The molecule has 1 heterocycles. The molecular formula is C17H20F2N4O. The van der Waals surface area contributed by atoms with Gasteiger partial charge in [0.2, 0.25) is 0 Å². The highest BCUT2D eigenvalue weighted by molar-refractivity contribution is 5.79. The Morgan fingerprint density at radius 1 is 1.21 bits per heavy atom. The number of hydrogen-bond acceptors (Lipinski definition) is 3. The summed E-state index contributed by atoms with van der Waals surface area (Å²) >= 11 is 0. The summed E-state index contributed by atoms with van der Waals surface area (Å²) in [6.45, 7) is -1.69. The summed E-state index contributed by atoms with van der Waals surface area (Å²) in [4.78, 5) is 8.38. The van der Waals surface area contributed by atoms with E-state index >= 15 is 0 Å². The number of halogens is 2. The number of pyridine rings is 1. The molecule has 0 atom stereocenters. The molecule has 0 spiro atoms. The zero-order chi connectivity index (χ0) is 17.2. The van der Waals surface area contributed by atoms with Crippen LogP contribution in [0.2, 0.25) is 0 Å². The molecule has 128 valence electrons. The third kappa shape index (κ3) is 6.20. The van der Waals surface area contributed by atoms with Crippen molar-refractivity contribution in [3.05, 3.63) is 59.9 Å². The molecule has 24 heavy (non-hydrogen) atoms. The summed E-state index contributed by atoms with van der Waals surface area (Å²) in [6, 6.07) is 12.4. The number of alkyl halides is 2. The van der Waals surface area contributed by atoms with E-state index in [1.165, 1.54) is 6.07 Å². The van der Waals surface area contributed by atoms with Crippen LogP contribution < -0.4 is 15.4 Å². The van der Waals surface area contributed by atoms with Gasteiger partial charge < -0.3 is 15.4 Å². The lowest BCUT2D eigenvalue weighted by Crippen LogP contribution is -2.37. The Morgan fingerprint density at radius 2 is 2.08 bits per heavy atom. The van der Waals surface area contributed by atoms with Crippen LogP contribution in [0.5, 0.6) is 5.75 Å². The Hall–Kier alpha value is -2.70. The summed E-state index contributed by atoms with van der Waals surface area (Å²) in [5.74, 6) is 0.772. The number of aromatic nitrogens is 1. The number of nitrogens with one attached hydrogen (secondary N) is 2. The van der Waals surface area contributed by atoms with Crippen LogP contribution in [-0.4, -0.2) is 31.1 Å². The molecule has 2 aromatic rings. The molecule has 0 radical (unpaired) electrons. The van der Waals surface area contributed by atoms with Crippen molar-refractivity contribution in [1.82, 2.24) is 15.6 Å². The first-order valence-electron chi connectivity index (χ1n) is 7.55. The van der Waals surface area contributed by atoms with Crippen LogP contribution in [0.4, 0.5) is 8.78 Å². The molecule has 2 N–H and O–H groups in total. The van der Waals surface area contributed by atoms with Crippen LogP contribution in [0, 0.1) is 0 Å². The number of nitrogens with zero attached hydrogens (tertiary/aromatic N) is 2. The van der Waals surface area contributed by atoms with E-state index in [0.29, 0.717) is 19.0 Å². The average molecular weight is 334 g/mol. The molecule has 0 fully saturated rings. The summed E-state index contributed by atoms with van der Waals surface area (Å²) < 4.78 is 28.8. The van der Waals surface area contributed by atoms with Crippen LogP contribution >= 0.6 is 0 Å². The molecule has 0 aliphatic carbocycles. The molecule has 5 nitrogen and oxygen atoms in total. The van der Waals surface area contributed by atoms with E-state index in [1.807, 2.05) is 24.3 Å². The van der Waals surface area contributed by atoms with Gasteiger partial charge in [-0.05, 0) is 29.8 Å². The molecule has 0 aliphatic rings. The number of benzene rings is 1. The first-order valence-corrected chi connectivity index (χ1v) is 7.55. The van der Waals surface area contributed by atoms with Gasteiger partial charge in [-0.25, -0.2) is 0 Å². The van der Waals surface area contributed by atoms with Gasteiger partial charge in [-0.2, -0.15) is 8.78 Å². The quantitative estimate of drug-likeness (QED) is 0.604. The van der Waals surface area contributed by atoms with E-state index in [1.54, 1.807) is 25.4 Å². The summed E-state index contributed by atoms with van der Waals surface area (Å²) in [5.41, 5.74) is 1.82. The molecule has 0 saturated heterocycles. The van der Waals surface area contributed by atoms with Crippen LogP contribution in [0.3, 0.4) is 0 Å². The van der Waals surface area contributed by atoms with Crippen molar-refractivity contribution in [1.29, 1.82) is 0 Å². The lowest BCUT2D eigenvalue weighted by atomic mass is 10.2. The lowest BCUT2D eigenvalue weighted by molar-refractivity contribution is -0.0498. The molecule has 0 bridgehead atoms. The maximum atomic E-state index is 12.2. The second-order valence-corrected chi connectivity index (χ2v) is 4.95. The maximum absolute atomic E-state index is 12.2. The number of ether oxygens (including phenoxy) is 1. The molecular weight excluding hydrogens is 314 g/mol. The Labute approximate surface area is 139 Å². The molecule has 0 aliphatic heterocycles. The third-order valence-corrected chi connectivity index (χ3v) is 3.21. The second-order valence-electron chi connectivity index (χ2n) is 4.95. The monoisotopic (exact) mass is 334 g/mol. The summed E-state index contributed by atoms with van der Waals surface area (Å²) in [5, 5.41) is 6.31. The first kappa shape index (κ1) is 17.7. The van der Waals surface area contributed by atoms with Crippen LogP contribution in [0.25, 0.3) is 0 Å². The van der Waals surface area contributed by atoms with E-state index < -0.39 is 6.61 Å². The van der Waals surface area contributed by atoms with Crippen molar-refractivity contribution in [2.75, 3.05) is 13.6 Å². The van der Waals surface area contributed by atoms with Crippen LogP contribution in [-0.2, 0) is 13.0 Å². The van der Waals surface area contributed by atoms with Crippen LogP contribution in [0.1, 0.15) is 11.3 Å². The van der Waals surface area contributed by atoms with E-state index in [2.05, 4.69) is 25.3 Å². The molecule has 0 amide bonds. The van der Waals surface area contributed by atoms with Gasteiger partial charge >= 0.3 is 6.61 Å². The minimum Gasteiger partial charge on any atom is -0.435 e. The SMILES string of the molecule is CN=C(NCCc1ccccn1)NCc1cccc(OC(F)F)c1. The normalized spacial score (nSPS) is 11.4. The molecule has 7 heteroatoms. The van der Waals surface area contributed by atoms with Crippen molar-refractivity contribution in [2.24, 2.45) is 4.99 Å². The standard InChI is InChI=1S/C17H20F2N4O/c1-20-17(22-10-8-14-6-2-3-9-21-14)23-12-13-5-4-7-15(11-13)24-16(18)19/h2-7,9,11,16H,8,10,12H2,1H3,(H2,20,22,23). The van der Waals surface area contributed by atoms with Gasteiger partial charge in [-0.15, -0.1) is 0 Å². The predicted molar refractivity (Wildman–Crippen MR) is 89.2 cm³/mol. The topological polar surface area (TPSA) is 58.5 Å². The Morgan fingerprint density at radius 3 is 2.79 bits per heavy atom. The van der Waals surface area contributed by atoms with Gasteiger partial charge in [-0.3, -0.25) is 9.98 Å². The van der Waals surface area contributed by atoms with Crippen molar-refractivity contribution in [2.45, 2.75) is 19.6 Å². The Bertz CT molecular complexity index is 650. The van der Waals surface area contributed by atoms with Crippen LogP contribution in [0.15, 0.2) is 53.7 Å². The summed E-state index contributed by atoms with van der Waals surface area (Å²) in [7, 11) is 1.67. The van der Waals surface area contributed by atoms with Gasteiger partial charge in [0.1, 0.15) is 5.75 Å². The molecule has 0 saturated carbocycles. The van der Waals surface area contributed by atoms with E-state index in [4.69, 9.17) is 0 Å². The predicted octanol–water partition coefficient (Wildman–Crippen LogP) is 2.59. The Kier molecular flexibility index (Phi) is 6.94. The fraction of sp³-hybridized carbons (Fsp3) is 0.294. The zero-order valence-electron chi connectivity index (χ0n) is 13.4. The van der Waals surface area contributed by atoms with E-state index in [0.717, 1.165) is 17.7 Å². The van der Waals surface area contributed by atoms with Crippen molar-refractivity contribution >= 4 is 5.96 Å². The number of aliphatic imine (C=N–C) groups is 1. The molecule has 1 aromatic heterocycles. The lowest BCUT2D eigenvalue weighted by Gasteiger charge is -2.12. The zero-order valence-corrected chi connectivity index (χ0v) is 13.4. The number of guanidine groups is 1. The van der Waals surface area contributed by atoms with Gasteiger partial charge in [0.15, 0.2) is 5.96 Å². The minimum absolute atomic E-state index is 0.141. The maximum Gasteiger partial charge on any atom is 0.387 e. The molecule has 2 rings (SSSR count). The van der Waals surface area contributed by atoms with E-state index in [9.17, 15) is 8.78 Å². The molecule has 0 unspecified atom stereocenters. The van der Waals surface area contributed by atoms with Crippen molar-refractivity contribution < 1.29 is 13.5 Å². The summed E-state index contributed by atoms with van der Waals surface area (Å²) in [6.07, 6.45) is 2.54. The minimum atomic E-state index is -2.82. The smallest absolute Gasteiger partial charge is 0.387 e. The third-order valence-electron chi connectivity index (χ3n) is 3.21. The van der Waals surface area contributed by atoms with Crippen molar-refractivity contribution in [3.63, 3.8) is 0 Å². The second kappa shape index (κ2) is 9.44. The first-order chi connectivity index (χ1) is 11.7. The van der Waals surface area contributed by atoms with Gasteiger partial charge in [0, 0.05) is 38.4 Å². The highest BCUT2D eigenvalue weighted by Gasteiger charge is 2.05. The van der Waals surface area contributed by atoms with Crippen molar-refractivity contribution in [3.8, 4) is 5.75 Å². The largest absolute Gasteiger partial charge is 0.435 e. The van der Waals surface area contributed by atoms with E-state index in [-0.39, 0.29) is 5.75 Å². The highest BCUT2D eigenvalue weighted by Crippen LogP contribution is 2.15. The average Bonchev–Trinajstić information content (AvgIpc) is 2.58. The van der Waals surface area contributed by atoms with Gasteiger partial charge in [0.05, 0.1) is 0 Å². The highest BCUT2D eigenvalue weighted by atomic mass is 19.3.